The maximum Gasteiger partial charge on any atom is 0.00673 e. The third kappa shape index (κ3) is 5.07. The largest absolute Gasteiger partial charge is 0.314 e. The van der Waals surface area contributed by atoms with Crippen molar-refractivity contribution in [2.45, 2.75) is 71.8 Å². The highest BCUT2D eigenvalue weighted by atomic mass is 15.1. The molecule has 0 bridgehead atoms. The lowest BCUT2D eigenvalue weighted by Gasteiger charge is -2.32. The second-order valence-corrected chi connectivity index (χ2v) is 7.58. The Bertz CT molecular complexity index is 254. The molecule has 0 aromatic rings. The van der Waals surface area contributed by atoms with Crippen molar-refractivity contribution in [2.75, 3.05) is 26.2 Å². The lowest BCUT2D eigenvalue weighted by atomic mass is 9.85. The average Bonchev–Trinajstić information content (AvgIpc) is 2.58. The first-order chi connectivity index (χ1) is 9.09. The fourth-order valence-corrected chi connectivity index (χ4v) is 3.71. The van der Waals surface area contributed by atoms with Gasteiger partial charge in [0.25, 0.3) is 0 Å². The minimum atomic E-state index is 0.586. The van der Waals surface area contributed by atoms with Crippen LogP contribution in [0.5, 0.6) is 0 Å². The Morgan fingerprint density at radius 1 is 1.05 bits per heavy atom. The Kier molecular flexibility index (Phi) is 5.70. The van der Waals surface area contributed by atoms with E-state index in [9.17, 15) is 0 Å². The molecule has 1 N–H and O–H groups in total. The van der Waals surface area contributed by atoms with Gasteiger partial charge in [0.2, 0.25) is 0 Å². The second-order valence-electron chi connectivity index (χ2n) is 7.58. The quantitative estimate of drug-likeness (QED) is 0.781. The van der Waals surface area contributed by atoms with Crippen LogP contribution in [0.15, 0.2) is 0 Å². The summed E-state index contributed by atoms with van der Waals surface area (Å²) in [5.74, 6) is 0.930. The summed E-state index contributed by atoms with van der Waals surface area (Å²) in [4.78, 5) is 2.59. The van der Waals surface area contributed by atoms with Gasteiger partial charge in [0, 0.05) is 6.04 Å². The van der Waals surface area contributed by atoms with Crippen molar-refractivity contribution in [3.05, 3.63) is 0 Å². The minimum Gasteiger partial charge on any atom is -0.314 e. The average molecular weight is 266 g/mol. The lowest BCUT2D eigenvalue weighted by molar-refractivity contribution is 0.186. The van der Waals surface area contributed by atoms with E-state index in [-0.39, 0.29) is 0 Å². The van der Waals surface area contributed by atoms with Crippen LogP contribution in [0.1, 0.15) is 65.7 Å². The minimum absolute atomic E-state index is 0.586. The maximum absolute atomic E-state index is 3.88. The molecule has 2 fully saturated rings. The van der Waals surface area contributed by atoms with Crippen LogP contribution in [0, 0.1) is 11.3 Å². The van der Waals surface area contributed by atoms with E-state index in [1.165, 1.54) is 71.1 Å². The molecule has 0 aromatic carbocycles. The molecule has 0 radical (unpaired) electrons. The van der Waals surface area contributed by atoms with Gasteiger partial charge in [-0.1, -0.05) is 27.2 Å². The Morgan fingerprint density at radius 3 is 2.47 bits per heavy atom. The third-order valence-corrected chi connectivity index (χ3v) is 5.43. The monoisotopic (exact) mass is 266 g/mol. The summed E-state index contributed by atoms with van der Waals surface area (Å²) in [7, 11) is 0. The Hall–Kier alpha value is -0.0800. The molecule has 0 aromatic heterocycles. The number of rotatable bonds is 4. The van der Waals surface area contributed by atoms with Crippen molar-refractivity contribution < 1.29 is 0 Å². The molecule has 0 amide bonds. The standard InChI is InChI=1S/C17H34N2/c1-4-19-12-8-15(9-13-19)14-18-16-6-5-10-17(2,3)11-7-16/h15-16,18H,4-14H2,1-3H3. The topological polar surface area (TPSA) is 15.3 Å². The predicted octanol–water partition coefficient (Wildman–Crippen LogP) is 3.67. The molecule has 2 heteroatoms. The van der Waals surface area contributed by atoms with Gasteiger partial charge in [0.1, 0.15) is 0 Å². The van der Waals surface area contributed by atoms with Crippen molar-refractivity contribution >= 4 is 0 Å². The van der Waals surface area contributed by atoms with Gasteiger partial charge in [-0.15, -0.1) is 0 Å². The molecule has 2 rings (SSSR count). The van der Waals surface area contributed by atoms with E-state index in [2.05, 4.69) is 31.0 Å². The highest BCUT2D eigenvalue weighted by Crippen LogP contribution is 2.33. The Balaban J connectivity index is 1.65. The molecule has 1 aliphatic heterocycles. The number of hydrogen-bond acceptors (Lipinski definition) is 2. The van der Waals surface area contributed by atoms with Crippen LogP contribution in [-0.2, 0) is 0 Å². The first-order valence-electron chi connectivity index (χ1n) is 8.55. The SMILES string of the molecule is CCN1CCC(CNC2CCCC(C)(C)CC2)CC1. The first-order valence-corrected chi connectivity index (χ1v) is 8.55. The zero-order valence-electron chi connectivity index (χ0n) is 13.4. The fourth-order valence-electron chi connectivity index (χ4n) is 3.71. The van der Waals surface area contributed by atoms with E-state index < -0.39 is 0 Å². The van der Waals surface area contributed by atoms with Crippen molar-refractivity contribution in [2.24, 2.45) is 11.3 Å². The van der Waals surface area contributed by atoms with Gasteiger partial charge in [-0.25, -0.2) is 0 Å². The molecular weight excluding hydrogens is 232 g/mol. The summed E-state index contributed by atoms with van der Waals surface area (Å²) in [6, 6.07) is 0.797. The summed E-state index contributed by atoms with van der Waals surface area (Å²) < 4.78 is 0. The number of nitrogens with one attached hydrogen (secondary N) is 1. The number of piperidine rings is 1. The molecule has 1 saturated heterocycles. The highest BCUT2D eigenvalue weighted by molar-refractivity contribution is 4.81. The van der Waals surface area contributed by atoms with E-state index in [1.54, 1.807) is 0 Å². The molecule has 19 heavy (non-hydrogen) atoms. The van der Waals surface area contributed by atoms with Crippen LogP contribution < -0.4 is 5.32 Å². The smallest absolute Gasteiger partial charge is 0.00673 e. The van der Waals surface area contributed by atoms with E-state index in [0.717, 1.165) is 12.0 Å². The highest BCUT2D eigenvalue weighted by Gasteiger charge is 2.25. The lowest BCUT2D eigenvalue weighted by Crippen LogP contribution is -2.39. The zero-order valence-corrected chi connectivity index (χ0v) is 13.4. The van der Waals surface area contributed by atoms with Gasteiger partial charge in [0.05, 0.1) is 0 Å². The summed E-state index contributed by atoms with van der Waals surface area (Å²) in [6.45, 7) is 12.3. The summed E-state index contributed by atoms with van der Waals surface area (Å²) >= 11 is 0. The number of likely N-dealkylation sites (tertiary alicyclic amines) is 1. The fraction of sp³-hybridized carbons (Fsp3) is 1.00. The van der Waals surface area contributed by atoms with E-state index in [0.29, 0.717) is 5.41 Å². The van der Waals surface area contributed by atoms with Crippen LogP contribution in [0.25, 0.3) is 0 Å². The first kappa shape index (κ1) is 15.3. The zero-order chi connectivity index (χ0) is 13.7. The van der Waals surface area contributed by atoms with Crippen LogP contribution in [0.2, 0.25) is 0 Å². The summed E-state index contributed by atoms with van der Waals surface area (Å²) in [5, 5.41) is 3.88. The van der Waals surface area contributed by atoms with Crippen molar-refractivity contribution in [1.82, 2.24) is 10.2 Å². The van der Waals surface area contributed by atoms with Crippen LogP contribution in [0.3, 0.4) is 0 Å². The molecule has 1 aliphatic carbocycles. The molecule has 2 aliphatic rings. The maximum atomic E-state index is 3.88. The van der Waals surface area contributed by atoms with Gasteiger partial charge >= 0.3 is 0 Å². The van der Waals surface area contributed by atoms with Crippen LogP contribution in [-0.4, -0.2) is 37.1 Å². The summed E-state index contributed by atoms with van der Waals surface area (Å²) in [5.41, 5.74) is 0.586. The Morgan fingerprint density at radius 2 is 1.79 bits per heavy atom. The second kappa shape index (κ2) is 7.08. The van der Waals surface area contributed by atoms with Crippen molar-refractivity contribution in [3.63, 3.8) is 0 Å². The molecule has 1 atom stereocenters. The molecule has 0 spiro atoms. The summed E-state index contributed by atoms with van der Waals surface area (Å²) in [6.07, 6.45) is 9.83. The van der Waals surface area contributed by atoms with Gasteiger partial charge in [-0.05, 0) is 76.0 Å². The number of hydrogen-bond donors (Lipinski definition) is 1. The predicted molar refractivity (Wildman–Crippen MR) is 83.5 cm³/mol. The molecule has 1 heterocycles. The van der Waals surface area contributed by atoms with Gasteiger partial charge < -0.3 is 10.2 Å². The molecular formula is C17H34N2. The molecule has 2 nitrogen and oxygen atoms in total. The van der Waals surface area contributed by atoms with E-state index in [4.69, 9.17) is 0 Å². The van der Waals surface area contributed by atoms with Gasteiger partial charge in [-0.2, -0.15) is 0 Å². The number of nitrogens with zero attached hydrogens (tertiary/aromatic N) is 1. The van der Waals surface area contributed by atoms with E-state index in [1.807, 2.05) is 0 Å². The third-order valence-electron chi connectivity index (χ3n) is 5.43. The molecule has 1 saturated carbocycles. The van der Waals surface area contributed by atoms with Crippen molar-refractivity contribution in [1.29, 1.82) is 0 Å². The normalized spacial score (nSPS) is 30.2. The van der Waals surface area contributed by atoms with Crippen LogP contribution in [0.4, 0.5) is 0 Å². The van der Waals surface area contributed by atoms with Crippen molar-refractivity contribution in [3.8, 4) is 0 Å². The van der Waals surface area contributed by atoms with E-state index >= 15 is 0 Å². The molecule has 1 unspecified atom stereocenters. The van der Waals surface area contributed by atoms with Gasteiger partial charge in [-0.3, -0.25) is 0 Å². The van der Waals surface area contributed by atoms with Gasteiger partial charge in [0.15, 0.2) is 0 Å². The Labute approximate surface area is 120 Å². The van der Waals surface area contributed by atoms with Crippen LogP contribution >= 0.6 is 0 Å². The molecule has 112 valence electrons.